The Hall–Kier alpha value is -2.90. The summed E-state index contributed by atoms with van der Waals surface area (Å²) in [4.78, 5) is 52.2. The lowest BCUT2D eigenvalue weighted by atomic mass is 9.99. The summed E-state index contributed by atoms with van der Waals surface area (Å²) in [6.07, 6.45) is 5.77. The van der Waals surface area contributed by atoms with Gasteiger partial charge in [0.05, 0.1) is 29.1 Å². The van der Waals surface area contributed by atoms with Gasteiger partial charge in [0.25, 0.3) is 5.56 Å². The molecule has 0 radical (unpaired) electrons. The minimum atomic E-state index is -0.603. The van der Waals surface area contributed by atoms with Crippen molar-refractivity contribution in [2.24, 2.45) is 5.92 Å². The molecule has 196 valence electrons. The third-order valence-corrected chi connectivity index (χ3v) is 7.40. The van der Waals surface area contributed by atoms with E-state index >= 15 is 0 Å². The van der Waals surface area contributed by atoms with Gasteiger partial charge < -0.3 is 4.74 Å². The number of benzene rings is 2. The lowest BCUT2D eigenvalue weighted by Crippen LogP contribution is -2.41. The van der Waals surface area contributed by atoms with Crippen molar-refractivity contribution in [2.75, 3.05) is 6.61 Å². The summed E-state index contributed by atoms with van der Waals surface area (Å²) in [6.45, 7) is 2.06. The van der Waals surface area contributed by atoms with Gasteiger partial charge in [0, 0.05) is 30.0 Å². The van der Waals surface area contributed by atoms with Gasteiger partial charge in [0.2, 0.25) is 0 Å². The fourth-order valence-corrected chi connectivity index (χ4v) is 5.41. The van der Waals surface area contributed by atoms with E-state index in [0.29, 0.717) is 58.7 Å². The van der Waals surface area contributed by atoms with E-state index < -0.39 is 11.2 Å². The maximum atomic E-state index is 13.4. The predicted octanol–water partition coefficient (Wildman–Crippen LogP) is 5.68. The molecule has 1 heterocycles. The maximum absolute atomic E-state index is 13.4. The fraction of sp³-hybridized carbons (Fsp3) is 0.429. The number of fused-ring (bicyclic) bond motifs is 1. The molecule has 0 N–H and O–H groups in total. The number of Topliss-reactive ketones (excluding diaryl/α,β-unsaturated/α-hetero) is 2. The molecule has 1 aliphatic carbocycles. The van der Waals surface area contributed by atoms with Crippen LogP contribution in [0, 0.1) is 5.92 Å². The van der Waals surface area contributed by atoms with Crippen molar-refractivity contribution in [3.8, 4) is 5.75 Å². The normalized spacial score (nSPS) is 13.8. The zero-order valence-electron chi connectivity index (χ0n) is 20.8. The van der Waals surface area contributed by atoms with Crippen LogP contribution in [-0.2, 0) is 17.9 Å². The molecule has 1 fully saturated rings. The number of ether oxygens (including phenoxy) is 1. The molecule has 37 heavy (non-hydrogen) atoms. The number of nitrogens with zero attached hydrogens (tertiary/aromatic N) is 2. The van der Waals surface area contributed by atoms with Crippen molar-refractivity contribution < 1.29 is 14.3 Å². The van der Waals surface area contributed by atoms with Crippen LogP contribution in [0.25, 0.3) is 10.9 Å². The molecule has 1 aromatic heterocycles. The summed E-state index contributed by atoms with van der Waals surface area (Å²) in [7, 11) is 0. The molecule has 0 saturated heterocycles. The first-order valence-electron chi connectivity index (χ1n) is 12.7. The molecule has 1 saturated carbocycles. The number of aromatic nitrogens is 2. The van der Waals surface area contributed by atoms with E-state index in [1.54, 1.807) is 24.3 Å². The monoisotopic (exact) mass is 544 g/mol. The molecule has 2 aromatic carbocycles. The van der Waals surface area contributed by atoms with E-state index in [2.05, 4.69) is 0 Å². The average molecular weight is 545 g/mol. The van der Waals surface area contributed by atoms with Crippen molar-refractivity contribution in [1.82, 2.24) is 9.13 Å². The van der Waals surface area contributed by atoms with Gasteiger partial charge in [-0.3, -0.25) is 23.5 Å². The Morgan fingerprint density at radius 3 is 2.49 bits per heavy atom. The number of carbonyl (C=O) groups excluding carboxylic acids is 2. The Kier molecular flexibility index (Phi) is 8.87. The second-order valence-electron chi connectivity index (χ2n) is 9.49. The number of carbonyl (C=O) groups is 2. The van der Waals surface area contributed by atoms with Crippen LogP contribution in [0.4, 0.5) is 0 Å². The van der Waals surface area contributed by atoms with Crippen LogP contribution >= 0.6 is 23.2 Å². The van der Waals surface area contributed by atoms with Gasteiger partial charge in [-0.05, 0) is 55.7 Å². The summed E-state index contributed by atoms with van der Waals surface area (Å²) in [6, 6.07) is 9.34. The molecule has 0 amide bonds. The average Bonchev–Trinajstić information content (AvgIpc) is 3.38. The molecule has 0 aliphatic heterocycles. The Morgan fingerprint density at radius 1 is 1.03 bits per heavy atom. The molecular formula is C28H30Cl2N2O5. The van der Waals surface area contributed by atoms with Crippen LogP contribution in [0.2, 0.25) is 10.0 Å². The van der Waals surface area contributed by atoms with E-state index in [-0.39, 0.29) is 30.0 Å². The maximum Gasteiger partial charge on any atom is 0.331 e. The standard InChI is InChI=1S/C28H30Cl2N2O5/c1-2-37-26-12-9-19(15-23(26)30)25(34)17-32-24-11-10-20(29)16-22(24)27(35)31(28(32)36)13-5-8-21(33)14-18-6-3-4-7-18/h9-12,15-16,18H,2-8,13-14,17H2,1H3. The lowest BCUT2D eigenvalue weighted by molar-refractivity contribution is -0.120. The van der Waals surface area contributed by atoms with Crippen LogP contribution in [0.3, 0.4) is 0 Å². The zero-order valence-corrected chi connectivity index (χ0v) is 22.3. The summed E-state index contributed by atoms with van der Waals surface area (Å²) >= 11 is 12.4. The summed E-state index contributed by atoms with van der Waals surface area (Å²) < 4.78 is 7.80. The smallest absolute Gasteiger partial charge is 0.331 e. The van der Waals surface area contributed by atoms with E-state index in [1.165, 1.54) is 29.5 Å². The van der Waals surface area contributed by atoms with Crippen molar-refractivity contribution in [1.29, 1.82) is 0 Å². The topological polar surface area (TPSA) is 87.4 Å². The quantitative estimate of drug-likeness (QED) is 0.290. The highest BCUT2D eigenvalue weighted by atomic mass is 35.5. The highest BCUT2D eigenvalue weighted by Crippen LogP contribution is 2.28. The molecule has 0 spiro atoms. The van der Waals surface area contributed by atoms with E-state index in [0.717, 1.165) is 17.4 Å². The van der Waals surface area contributed by atoms with E-state index in [1.807, 2.05) is 6.92 Å². The van der Waals surface area contributed by atoms with Crippen LogP contribution in [0.5, 0.6) is 5.75 Å². The second-order valence-corrected chi connectivity index (χ2v) is 10.3. The van der Waals surface area contributed by atoms with Crippen molar-refractivity contribution in [3.05, 3.63) is 72.8 Å². The third-order valence-electron chi connectivity index (χ3n) is 6.87. The molecule has 1 aliphatic rings. The van der Waals surface area contributed by atoms with Gasteiger partial charge in [-0.1, -0.05) is 48.9 Å². The molecule has 0 atom stereocenters. The first-order valence-corrected chi connectivity index (χ1v) is 13.4. The summed E-state index contributed by atoms with van der Waals surface area (Å²) in [5, 5.41) is 0.878. The van der Waals surface area contributed by atoms with E-state index in [9.17, 15) is 19.2 Å². The minimum absolute atomic E-state index is 0.0829. The van der Waals surface area contributed by atoms with Crippen molar-refractivity contribution >= 4 is 45.7 Å². The summed E-state index contributed by atoms with van der Waals surface area (Å²) in [5.74, 6) is 0.735. The predicted molar refractivity (Wildman–Crippen MR) is 145 cm³/mol. The van der Waals surface area contributed by atoms with Gasteiger partial charge in [-0.15, -0.1) is 0 Å². The van der Waals surface area contributed by atoms with Crippen LogP contribution in [0.1, 0.15) is 62.2 Å². The van der Waals surface area contributed by atoms with Crippen LogP contribution in [-0.4, -0.2) is 27.3 Å². The molecular weight excluding hydrogens is 515 g/mol. The molecule has 0 unspecified atom stereocenters. The number of ketones is 2. The second kappa shape index (κ2) is 12.1. The lowest BCUT2D eigenvalue weighted by Gasteiger charge is -2.14. The highest BCUT2D eigenvalue weighted by Gasteiger charge is 2.20. The molecule has 0 bridgehead atoms. The van der Waals surface area contributed by atoms with Crippen molar-refractivity contribution in [2.45, 2.75) is 65.0 Å². The fourth-order valence-electron chi connectivity index (χ4n) is 5.00. The first kappa shape index (κ1) is 27.1. The van der Waals surface area contributed by atoms with Gasteiger partial charge in [-0.2, -0.15) is 0 Å². The Morgan fingerprint density at radius 2 is 1.78 bits per heavy atom. The van der Waals surface area contributed by atoms with Crippen LogP contribution < -0.4 is 16.0 Å². The Bertz CT molecular complexity index is 1440. The SMILES string of the molecule is CCOc1ccc(C(=O)Cn2c(=O)n(CCCC(=O)CC3CCCC3)c(=O)c3cc(Cl)ccc32)cc1Cl. The largest absolute Gasteiger partial charge is 0.492 e. The van der Waals surface area contributed by atoms with Crippen molar-refractivity contribution in [3.63, 3.8) is 0 Å². The molecule has 9 heteroatoms. The van der Waals surface area contributed by atoms with Gasteiger partial charge in [-0.25, -0.2) is 4.79 Å². The molecule has 3 aromatic rings. The first-order chi connectivity index (χ1) is 17.8. The van der Waals surface area contributed by atoms with Gasteiger partial charge >= 0.3 is 5.69 Å². The van der Waals surface area contributed by atoms with Gasteiger partial charge in [0.1, 0.15) is 11.5 Å². The highest BCUT2D eigenvalue weighted by molar-refractivity contribution is 6.32. The zero-order chi connectivity index (χ0) is 26.5. The number of rotatable bonds is 11. The molecule has 4 rings (SSSR count). The minimum Gasteiger partial charge on any atom is -0.492 e. The Labute approximate surface area is 224 Å². The third kappa shape index (κ3) is 6.33. The van der Waals surface area contributed by atoms with E-state index in [4.69, 9.17) is 27.9 Å². The van der Waals surface area contributed by atoms with Gasteiger partial charge in [0.15, 0.2) is 5.78 Å². The number of halogens is 2. The van der Waals surface area contributed by atoms with Crippen LogP contribution in [0.15, 0.2) is 46.0 Å². The number of hydrogen-bond donors (Lipinski definition) is 0. The Balaban J connectivity index is 1.60. The number of hydrogen-bond acceptors (Lipinski definition) is 5. The molecule has 7 nitrogen and oxygen atoms in total. The summed E-state index contributed by atoms with van der Waals surface area (Å²) in [5.41, 5.74) is -0.455.